The van der Waals surface area contributed by atoms with E-state index in [1.54, 1.807) is 0 Å². The van der Waals surface area contributed by atoms with E-state index in [4.69, 9.17) is 0 Å². The largest absolute Gasteiger partial charge is 0.387 e. The van der Waals surface area contributed by atoms with Crippen LogP contribution in [0.2, 0.25) is 0 Å². The Hall–Kier alpha value is -1.02. The van der Waals surface area contributed by atoms with E-state index in [0.29, 0.717) is 0 Å². The molecule has 2 N–H and O–H groups in total. The van der Waals surface area contributed by atoms with Crippen molar-refractivity contribution in [2.24, 2.45) is 5.41 Å². The summed E-state index contributed by atoms with van der Waals surface area (Å²) in [5.41, 5.74) is 2.04. The summed E-state index contributed by atoms with van der Waals surface area (Å²) in [6.45, 7) is 4.46. The van der Waals surface area contributed by atoms with Gasteiger partial charge in [0.15, 0.2) is 0 Å². The molecule has 1 heterocycles. The van der Waals surface area contributed by atoms with Crippen molar-refractivity contribution >= 4 is 5.69 Å². The average molecular weight is 259 g/mol. The molecule has 1 fully saturated rings. The van der Waals surface area contributed by atoms with Gasteiger partial charge in [0.1, 0.15) is 0 Å². The Morgan fingerprint density at radius 1 is 1.16 bits per heavy atom. The van der Waals surface area contributed by atoms with Gasteiger partial charge in [-0.05, 0) is 42.7 Å². The minimum absolute atomic E-state index is 0.00913. The summed E-state index contributed by atoms with van der Waals surface area (Å²) in [5, 5.41) is 14.9. The highest BCUT2D eigenvalue weighted by atomic mass is 16.3. The number of nitrogens with one attached hydrogen (secondary N) is 1. The van der Waals surface area contributed by atoms with Crippen molar-refractivity contribution < 1.29 is 5.11 Å². The molecule has 1 aliphatic carbocycles. The molecule has 1 aromatic carbocycles. The van der Waals surface area contributed by atoms with Crippen LogP contribution in [0.5, 0.6) is 0 Å². The lowest BCUT2D eigenvalue weighted by molar-refractivity contribution is -0.111. The predicted octanol–water partition coefficient (Wildman–Crippen LogP) is 3.74. The molecule has 0 saturated heterocycles. The number of rotatable bonds is 1. The number of hydrogen-bond donors (Lipinski definition) is 2. The van der Waals surface area contributed by atoms with Crippen molar-refractivity contribution in [2.75, 3.05) is 5.32 Å². The van der Waals surface area contributed by atoms with E-state index in [0.717, 1.165) is 32.1 Å². The number of aryl methyl sites for hydroxylation is 1. The lowest BCUT2D eigenvalue weighted by Gasteiger charge is -2.52. The number of aliphatic hydroxyl groups is 1. The second kappa shape index (κ2) is 4.52. The molecule has 0 amide bonds. The van der Waals surface area contributed by atoms with Crippen LogP contribution in [0, 0.1) is 5.41 Å². The molecule has 19 heavy (non-hydrogen) atoms. The average Bonchev–Trinajstić information content (AvgIpc) is 2.41. The predicted molar refractivity (Wildman–Crippen MR) is 79.4 cm³/mol. The third-order valence-corrected chi connectivity index (χ3v) is 5.41. The first-order valence-electron chi connectivity index (χ1n) is 7.60. The van der Waals surface area contributed by atoms with E-state index in [-0.39, 0.29) is 11.5 Å². The molecule has 2 nitrogen and oxygen atoms in total. The number of hydrogen-bond acceptors (Lipinski definition) is 2. The first kappa shape index (κ1) is 13.0. The maximum absolute atomic E-state index is 11.3. The molecule has 0 radical (unpaired) electrons. The van der Waals surface area contributed by atoms with Crippen molar-refractivity contribution in [2.45, 2.75) is 64.0 Å². The zero-order chi connectivity index (χ0) is 13.5. The van der Waals surface area contributed by atoms with Gasteiger partial charge in [-0.15, -0.1) is 0 Å². The van der Waals surface area contributed by atoms with Crippen LogP contribution in [0.1, 0.15) is 51.5 Å². The maximum atomic E-state index is 11.3. The van der Waals surface area contributed by atoms with Gasteiger partial charge in [0, 0.05) is 5.69 Å². The summed E-state index contributed by atoms with van der Waals surface area (Å²) in [6, 6.07) is 8.69. The van der Waals surface area contributed by atoms with Gasteiger partial charge in [0.05, 0.1) is 11.6 Å². The van der Waals surface area contributed by atoms with E-state index in [1.807, 2.05) is 0 Å². The Balaban J connectivity index is 1.87. The topological polar surface area (TPSA) is 32.3 Å². The monoisotopic (exact) mass is 259 g/mol. The number of anilines is 1. The molecule has 3 rings (SSSR count). The molecular weight excluding hydrogens is 234 g/mol. The fourth-order valence-electron chi connectivity index (χ4n) is 3.96. The normalized spacial score (nSPS) is 33.3. The molecular formula is C17H25NO. The van der Waals surface area contributed by atoms with Crippen LogP contribution in [0.4, 0.5) is 5.69 Å². The highest BCUT2D eigenvalue weighted by molar-refractivity contribution is 5.54. The Bertz CT molecular complexity index is 468. The van der Waals surface area contributed by atoms with E-state index in [1.165, 1.54) is 17.7 Å². The summed E-state index contributed by atoms with van der Waals surface area (Å²) < 4.78 is 0. The summed E-state index contributed by atoms with van der Waals surface area (Å²) in [5.74, 6) is 0. The van der Waals surface area contributed by atoms with Crippen molar-refractivity contribution in [3.05, 3.63) is 29.8 Å². The lowest BCUT2D eigenvalue weighted by Crippen LogP contribution is -2.59. The smallest absolute Gasteiger partial charge is 0.0898 e. The van der Waals surface area contributed by atoms with E-state index in [9.17, 15) is 5.11 Å². The van der Waals surface area contributed by atoms with Crippen molar-refractivity contribution in [3.63, 3.8) is 0 Å². The second-order valence-corrected chi connectivity index (χ2v) is 6.91. The fraction of sp³-hybridized carbons (Fsp3) is 0.647. The van der Waals surface area contributed by atoms with E-state index >= 15 is 0 Å². The second-order valence-electron chi connectivity index (χ2n) is 6.91. The first-order valence-corrected chi connectivity index (χ1v) is 7.60. The molecule has 0 spiro atoms. The van der Waals surface area contributed by atoms with Gasteiger partial charge >= 0.3 is 0 Å². The number of benzene rings is 1. The molecule has 0 aromatic heterocycles. The van der Waals surface area contributed by atoms with Gasteiger partial charge in [-0.2, -0.15) is 0 Å². The van der Waals surface area contributed by atoms with Crippen LogP contribution in [0.15, 0.2) is 24.3 Å². The SMILES string of the molecule is CC1(C)CCCCC1(O)C1CCc2ccccc2N1. The molecule has 2 atom stereocenters. The van der Waals surface area contributed by atoms with Gasteiger partial charge in [0.2, 0.25) is 0 Å². The van der Waals surface area contributed by atoms with E-state index in [2.05, 4.69) is 43.4 Å². The summed E-state index contributed by atoms with van der Waals surface area (Å²) in [7, 11) is 0. The van der Waals surface area contributed by atoms with Crippen LogP contribution in [0.25, 0.3) is 0 Å². The van der Waals surface area contributed by atoms with Gasteiger partial charge in [-0.3, -0.25) is 0 Å². The maximum Gasteiger partial charge on any atom is 0.0898 e. The zero-order valence-electron chi connectivity index (χ0n) is 12.1. The lowest BCUT2D eigenvalue weighted by atomic mass is 9.61. The number of para-hydroxylation sites is 1. The van der Waals surface area contributed by atoms with Crippen LogP contribution in [0.3, 0.4) is 0 Å². The Kier molecular flexibility index (Phi) is 3.09. The van der Waals surface area contributed by atoms with Gasteiger partial charge in [-0.25, -0.2) is 0 Å². The minimum Gasteiger partial charge on any atom is -0.387 e. The summed E-state index contributed by atoms with van der Waals surface area (Å²) in [6.07, 6.45) is 6.57. The van der Waals surface area contributed by atoms with Gasteiger partial charge < -0.3 is 10.4 Å². The van der Waals surface area contributed by atoms with Crippen molar-refractivity contribution in [1.29, 1.82) is 0 Å². The van der Waals surface area contributed by atoms with Gasteiger partial charge in [0.25, 0.3) is 0 Å². The quantitative estimate of drug-likeness (QED) is 0.805. The highest BCUT2D eigenvalue weighted by Gasteiger charge is 2.50. The molecule has 1 aliphatic heterocycles. The summed E-state index contributed by atoms with van der Waals surface area (Å²) in [4.78, 5) is 0. The van der Waals surface area contributed by atoms with Crippen LogP contribution in [-0.4, -0.2) is 16.7 Å². The molecule has 1 saturated carbocycles. The Labute approximate surface area is 116 Å². The van der Waals surface area contributed by atoms with Crippen LogP contribution in [-0.2, 0) is 6.42 Å². The zero-order valence-corrected chi connectivity index (χ0v) is 12.1. The Morgan fingerprint density at radius 3 is 2.68 bits per heavy atom. The Morgan fingerprint density at radius 2 is 1.89 bits per heavy atom. The third kappa shape index (κ3) is 2.06. The van der Waals surface area contributed by atoms with E-state index < -0.39 is 5.60 Å². The molecule has 2 heteroatoms. The van der Waals surface area contributed by atoms with Crippen molar-refractivity contribution in [1.82, 2.24) is 0 Å². The minimum atomic E-state index is -0.571. The van der Waals surface area contributed by atoms with Crippen LogP contribution >= 0.6 is 0 Å². The summed E-state index contributed by atoms with van der Waals surface area (Å²) >= 11 is 0. The standard InChI is InChI=1S/C17H25NO/c1-16(2)11-5-6-12-17(16,19)15-10-9-13-7-3-4-8-14(13)18-15/h3-4,7-8,15,18-19H,5-6,9-12H2,1-2H3. The van der Waals surface area contributed by atoms with Gasteiger partial charge in [-0.1, -0.05) is 44.9 Å². The molecule has 104 valence electrons. The van der Waals surface area contributed by atoms with Crippen molar-refractivity contribution in [3.8, 4) is 0 Å². The first-order chi connectivity index (χ1) is 9.03. The molecule has 0 bridgehead atoms. The van der Waals surface area contributed by atoms with Crippen LogP contribution < -0.4 is 5.32 Å². The molecule has 2 unspecified atom stereocenters. The molecule has 1 aromatic rings. The molecule has 2 aliphatic rings. The highest BCUT2D eigenvalue weighted by Crippen LogP contribution is 2.48. The third-order valence-electron chi connectivity index (χ3n) is 5.41. The fourth-order valence-corrected chi connectivity index (χ4v) is 3.96. The number of fused-ring (bicyclic) bond motifs is 1.